The Bertz CT molecular complexity index is 1170. The van der Waals surface area contributed by atoms with Crippen LogP contribution in [-0.2, 0) is 28.3 Å². The van der Waals surface area contributed by atoms with Crippen molar-refractivity contribution in [2.75, 3.05) is 5.75 Å². The van der Waals surface area contributed by atoms with Crippen LogP contribution < -0.4 is 5.32 Å². The van der Waals surface area contributed by atoms with Gasteiger partial charge in [0.1, 0.15) is 6.04 Å². The number of nitrogens with one attached hydrogen (secondary N) is 1. The first-order chi connectivity index (χ1) is 17.8. The number of rotatable bonds is 12. The fourth-order valence-corrected chi connectivity index (χ4v) is 5.61. The van der Waals surface area contributed by atoms with E-state index in [2.05, 4.69) is 5.32 Å². The topological polar surface area (TPSA) is 49.4 Å². The third-order valence-electron chi connectivity index (χ3n) is 6.41. The molecule has 1 N–H and O–H groups in total. The quantitative estimate of drug-likeness (QED) is 0.259. The standard InChI is InChI=1S/C30H34Cl2N2O2S/c1-4-22(3)33-30(36)28(17-23-12-6-5-7-13-23)34(18-24-14-9-8-11-21(24)2)29(35)20-37-19-25-26(31)15-10-16-27(25)32/h5-16,22,28H,4,17-20H2,1-3H3,(H,33,36)/t22-,28-/m0/s1. The van der Waals surface area contributed by atoms with E-state index in [4.69, 9.17) is 23.2 Å². The number of carbonyl (C=O) groups is 2. The Morgan fingerprint density at radius 2 is 1.59 bits per heavy atom. The van der Waals surface area contributed by atoms with Gasteiger partial charge in [-0.2, -0.15) is 0 Å². The smallest absolute Gasteiger partial charge is 0.243 e. The predicted molar refractivity (Wildman–Crippen MR) is 156 cm³/mol. The molecule has 0 bridgehead atoms. The molecule has 0 saturated carbocycles. The molecule has 7 heteroatoms. The molecular weight excluding hydrogens is 523 g/mol. The van der Waals surface area contributed by atoms with Crippen LogP contribution in [0.3, 0.4) is 0 Å². The lowest BCUT2D eigenvalue weighted by atomic mass is 10.0. The van der Waals surface area contributed by atoms with E-state index in [1.54, 1.807) is 23.1 Å². The molecule has 0 aliphatic carbocycles. The SMILES string of the molecule is CC[C@H](C)NC(=O)[C@H](Cc1ccccc1)N(Cc1ccccc1C)C(=O)CSCc1c(Cl)cccc1Cl. The summed E-state index contributed by atoms with van der Waals surface area (Å²) in [6.07, 6.45) is 1.24. The number of nitrogens with zero attached hydrogens (tertiary/aromatic N) is 1. The number of aryl methyl sites for hydroxylation is 1. The summed E-state index contributed by atoms with van der Waals surface area (Å²) in [5.41, 5.74) is 3.91. The third kappa shape index (κ3) is 8.53. The van der Waals surface area contributed by atoms with E-state index in [-0.39, 0.29) is 23.6 Å². The second kappa shape index (κ2) is 14.5. The van der Waals surface area contributed by atoms with Crippen LogP contribution in [0.2, 0.25) is 10.0 Å². The van der Waals surface area contributed by atoms with Gasteiger partial charge in [-0.1, -0.05) is 90.8 Å². The Morgan fingerprint density at radius 1 is 0.946 bits per heavy atom. The summed E-state index contributed by atoms with van der Waals surface area (Å²) in [5, 5.41) is 4.27. The molecule has 196 valence electrons. The zero-order valence-corrected chi connectivity index (χ0v) is 23.9. The van der Waals surface area contributed by atoms with Gasteiger partial charge in [-0.3, -0.25) is 9.59 Å². The van der Waals surface area contributed by atoms with E-state index in [9.17, 15) is 9.59 Å². The predicted octanol–water partition coefficient (Wildman–Crippen LogP) is 7.09. The van der Waals surface area contributed by atoms with Crippen molar-refractivity contribution in [1.82, 2.24) is 10.2 Å². The fraction of sp³-hybridized carbons (Fsp3) is 0.333. The zero-order valence-electron chi connectivity index (χ0n) is 21.5. The van der Waals surface area contributed by atoms with Crippen LogP contribution in [0.4, 0.5) is 0 Å². The van der Waals surface area contributed by atoms with Crippen molar-refractivity contribution in [2.45, 2.75) is 58.0 Å². The lowest BCUT2D eigenvalue weighted by Gasteiger charge is -2.32. The molecule has 0 unspecified atom stereocenters. The maximum atomic E-state index is 13.8. The van der Waals surface area contributed by atoms with Gasteiger partial charge in [0.05, 0.1) is 5.75 Å². The maximum absolute atomic E-state index is 13.8. The molecule has 0 radical (unpaired) electrons. The minimum atomic E-state index is -0.645. The van der Waals surface area contributed by atoms with E-state index in [0.29, 0.717) is 28.8 Å². The van der Waals surface area contributed by atoms with Crippen LogP contribution in [0.15, 0.2) is 72.8 Å². The molecule has 0 heterocycles. The number of carbonyl (C=O) groups excluding carboxylic acids is 2. The van der Waals surface area contributed by atoms with Crippen LogP contribution in [0.1, 0.15) is 42.5 Å². The molecule has 2 atom stereocenters. The first-order valence-electron chi connectivity index (χ1n) is 12.5. The molecule has 4 nitrogen and oxygen atoms in total. The largest absolute Gasteiger partial charge is 0.352 e. The van der Waals surface area contributed by atoms with Gasteiger partial charge in [0.2, 0.25) is 11.8 Å². The average Bonchev–Trinajstić information content (AvgIpc) is 2.89. The first kappa shape index (κ1) is 29.1. The van der Waals surface area contributed by atoms with Crippen molar-refractivity contribution >= 4 is 46.8 Å². The normalized spacial score (nSPS) is 12.6. The minimum Gasteiger partial charge on any atom is -0.352 e. The third-order valence-corrected chi connectivity index (χ3v) is 8.06. The van der Waals surface area contributed by atoms with Crippen molar-refractivity contribution in [3.05, 3.63) is 105 Å². The monoisotopic (exact) mass is 556 g/mol. The summed E-state index contributed by atoms with van der Waals surface area (Å²) in [6, 6.07) is 22.6. The van der Waals surface area contributed by atoms with E-state index in [1.807, 2.05) is 75.4 Å². The van der Waals surface area contributed by atoms with Crippen molar-refractivity contribution in [1.29, 1.82) is 0 Å². The Balaban J connectivity index is 1.89. The summed E-state index contributed by atoms with van der Waals surface area (Å²) in [7, 11) is 0. The van der Waals surface area contributed by atoms with E-state index in [1.165, 1.54) is 11.8 Å². The average molecular weight is 558 g/mol. The first-order valence-corrected chi connectivity index (χ1v) is 14.4. The highest BCUT2D eigenvalue weighted by atomic mass is 35.5. The number of amides is 2. The van der Waals surface area contributed by atoms with Gasteiger partial charge in [0.25, 0.3) is 0 Å². The van der Waals surface area contributed by atoms with E-state index < -0.39 is 6.04 Å². The van der Waals surface area contributed by atoms with Crippen LogP contribution in [0.25, 0.3) is 0 Å². The van der Waals surface area contributed by atoms with E-state index in [0.717, 1.165) is 28.7 Å². The second-order valence-electron chi connectivity index (χ2n) is 9.16. The van der Waals surface area contributed by atoms with Crippen LogP contribution in [-0.4, -0.2) is 34.6 Å². The summed E-state index contributed by atoms with van der Waals surface area (Å²) in [4.78, 5) is 29.1. The van der Waals surface area contributed by atoms with Gasteiger partial charge in [-0.15, -0.1) is 11.8 Å². The van der Waals surface area contributed by atoms with Crippen molar-refractivity contribution in [3.8, 4) is 0 Å². The van der Waals surface area contributed by atoms with Crippen LogP contribution in [0, 0.1) is 6.92 Å². The van der Waals surface area contributed by atoms with Crippen molar-refractivity contribution in [3.63, 3.8) is 0 Å². The molecule has 0 fully saturated rings. The lowest BCUT2D eigenvalue weighted by Crippen LogP contribution is -2.52. The molecule has 0 aliphatic heterocycles. The molecule has 3 aromatic carbocycles. The van der Waals surface area contributed by atoms with E-state index >= 15 is 0 Å². The second-order valence-corrected chi connectivity index (χ2v) is 11.0. The molecule has 0 spiro atoms. The number of halogens is 2. The highest BCUT2D eigenvalue weighted by molar-refractivity contribution is 7.99. The highest BCUT2D eigenvalue weighted by Gasteiger charge is 2.31. The molecule has 2 amide bonds. The van der Waals surface area contributed by atoms with Crippen LogP contribution in [0.5, 0.6) is 0 Å². The Kier molecular flexibility index (Phi) is 11.4. The summed E-state index contributed by atoms with van der Waals surface area (Å²) in [6.45, 7) is 6.39. The van der Waals surface area contributed by atoms with Gasteiger partial charge in [-0.25, -0.2) is 0 Å². The van der Waals surface area contributed by atoms with Gasteiger partial charge >= 0.3 is 0 Å². The number of hydrogen-bond acceptors (Lipinski definition) is 3. The maximum Gasteiger partial charge on any atom is 0.243 e. The van der Waals surface area contributed by atoms with Gasteiger partial charge in [0, 0.05) is 34.8 Å². The Labute approximate surface area is 234 Å². The molecule has 0 saturated heterocycles. The molecule has 0 aliphatic rings. The number of hydrogen-bond donors (Lipinski definition) is 1. The molecule has 3 rings (SSSR count). The van der Waals surface area contributed by atoms with Gasteiger partial charge in [-0.05, 0) is 54.7 Å². The minimum absolute atomic E-state index is 0.0120. The summed E-state index contributed by atoms with van der Waals surface area (Å²) < 4.78 is 0. The fourth-order valence-electron chi connectivity index (χ4n) is 3.96. The molecule has 37 heavy (non-hydrogen) atoms. The number of thioether (sulfide) groups is 1. The van der Waals surface area contributed by atoms with Gasteiger partial charge < -0.3 is 10.2 Å². The Hall–Kier alpha value is -2.47. The van der Waals surface area contributed by atoms with Gasteiger partial charge in [0.15, 0.2) is 0 Å². The molecule has 0 aromatic heterocycles. The summed E-state index contributed by atoms with van der Waals surface area (Å²) >= 11 is 14.1. The van der Waals surface area contributed by atoms with Crippen molar-refractivity contribution < 1.29 is 9.59 Å². The van der Waals surface area contributed by atoms with Crippen molar-refractivity contribution in [2.24, 2.45) is 0 Å². The van der Waals surface area contributed by atoms with Crippen LogP contribution >= 0.6 is 35.0 Å². The molecule has 3 aromatic rings. The molecular formula is C30H34Cl2N2O2S. The summed E-state index contributed by atoms with van der Waals surface area (Å²) in [5.74, 6) is 0.469. The Morgan fingerprint density at radius 3 is 2.24 bits per heavy atom. The number of benzene rings is 3. The highest BCUT2D eigenvalue weighted by Crippen LogP contribution is 2.28. The lowest BCUT2D eigenvalue weighted by molar-refractivity contribution is -0.139. The zero-order chi connectivity index (χ0) is 26.8.